The Kier molecular flexibility index (Phi) is 3.67. The number of amides is 1. The summed E-state index contributed by atoms with van der Waals surface area (Å²) in [5, 5.41) is 7.09. The van der Waals surface area contributed by atoms with Crippen molar-refractivity contribution >= 4 is 17.5 Å². The zero-order chi connectivity index (χ0) is 13.1. The van der Waals surface area contributed by atoms with Gasteiger partial charge in [0, 0.05) is 25.4 Å². The van der Waals surface area contributed by atoms with Crippen LogP contribution >= 0.6 is 11.6 Å². The second kappa shape index (κ2) is 5.23. The molecule has 0 aliphatic carbocycles. The van der Waals surface area contributed by atoms with Crippen molar-refractivity contribution in [3.63, 3.8) is 0 Å². The van der Waals surface area contributed by atoms with Gasteiger partial charge in [0.05, 0.1) is 16.8 Å². The predicted molar refractivity (Wildman–Crippen MR) is 70.6 cm³/mol. The van der Waals surface area contributed by atoms with Crippen LogP contribution in [0, 0.1) is 6.92 Å². The lowest BCUT2D eigenvalue weighted by molar-refractivity contribution is 0.0785. The Labute approximate surface area is 111 Å². The molecule has 0 bridgehead atoms. The highest BCUT2D eigenvalue weighted by Gasteiger charge is 2.16. The van der Waals surface area contributed by atoms with Crippen molar-refractivity contribution < 1.29 is 4.79 Å². The third kappa shape index (κ3) is 2.54. The Bertz CT molecular complexity index is 551. The topological polar surface area (TPSA) is 49.0 Å². The van der Waals surface area contributed by atoms with Crippen LogP contribution in [0.2, 0.25) is 5.02 Å². The van der Waals surface area contributed by atoms with Gasteiger partial charge in [-0.1, -0.05) is 23.7 Å². The van der Waals surface area contributed by atoms with E-state index in [2.05, 4.69) is 10.2 Å². The highest BCUT2D eigenvalue weighted by atomic mass is 35.5. The highest BCUT2D eigenvalue weighted by Crippen LogP contribution is 2.21. The SMILES string of the molecule is Cc1cccc(C(=O)N(C)Cc2cn[nH]c2)c1Cl. The molecule has 0 spiro atoms. The van der Waals surface area contributed by atoms with Gasteiger partial charge in [0.15, 0.2) is 0 Å². The highest BCUT2D eigenvalue weighted by molar-refractivity contribution is 6.34. The number of carbonyl (C=O) groups is 1. The van der Waals surface area contributed by atoms with Crippen LogP contribution in [0.3, 0.4) is 0 Å². The number of aromatic nitrogens is 2. The van der Waals surface area contributed by atoms with Gasteiger partial charge in [-0.3, -0.25) is 9.89 Å². The molecule has 4 nitrogen and oxygen atoms in total. The fraction of sp³-hybridized carbons (Fsp3) is 0.231. The smallest absolute Gasteiger partial charge is 0.255 e. The maximum absolute atomic E-state index is 12.3. The molecule has 0 saturated heterocycles. The predicted octanol–water partition coefficient (Wildman–Crippen LogP) is 2.64. The summed E-state index contributed by atoms with van der Waals surface area (Å²) in [7, 11) is 1.74. The summed E-state index contributed by atoms with van der Waals surface area (Å²) < 4.78 is 0. The zero-order valence-corrected chi connectivity index (χ0v) is 11.0. The van der Waals surface area contributed by atoms with E-state index >= 15 is 0 Å². The molecule has 0 aliphatic heterocycles. The summed E-state index contributed by atoms with van der Waals surface area (Å²) in [4.78, 5) is 13.9. The number of nitrogens with zero attached hydrogens (tertiary/aromatic N) is 2. The van der Waals surface area contributed by atoms with Gasteiger partial charge in [0.2, 0.25) is 0 Å². The van der Waals surface area contributed by atoms with Gasteiger partial charge < -0.3 is 4.90 Å². The van der Waals surface area contributed by atoms with E-state index in [1.807, 2.05) is 19.1 Å². The van der Waals surface area contributed by atoms with Gasteiger partial charge in [-0.25, -0.2) is 0 Å². The number of benzene rings is 1. The van der Waals surface area contributed by atoms with Crippen LogP contribution in [-0.2, 0) is 6.54 Å². The van der Waals surface area contributed by atoms with E-state index in [0.29, 0.717) is 17.1 Å². The summed E-state index contributed by atoms with van der Waals surface area (Å²) in [6.07, 6.45) is 3.46. The van der Waals surface area contributed by atoms with Crippen molar-refractivity contribution in [3.8, 4) is 0 Å². The molecule has 94 valence electrons. The van der Waals surface area contributed by atoms with E-state index in [1.54, 1.807) is 30.4 Å². The molecule has 2 aromatic rings. The molecule has 1 amide bonds. The number of nitrogens with one attached hydrogen (secondary N) is 1. The minimum atomic E-state index is -0.0927. The minimum Gasteiger partial charge on any atom is -0.337 e. The first-order chi connectivity index (χ1) is 8.59. The van der Waals surface area contributed by atoms with Gasteiger partial charge in [0.1, 0.15) is 0 Å². The van der Waals surface area contributed by atoms with Crippen molar-refractivity contribution in [1.29, 1.82) is 0 Å². The van der Waals surface area contributed by atoms with E-state index in [9.17, 15) is 4.79 Å². The van der Waals surface area contributed by atoms with Crippen LogP contribution in [0.25, 0.3) is 0 Å². The van der Waals surface area contributed by atoms with Crippen LogP contribution in [0.1, 0.15) is 21.5 Å². The largest absolute Gasteiger partial charge is 0.337 e. The third-order valence-electron chi connectivity index (χ3n) is 2.74. The molecule has 18 heavy (non-hydrogen) atoms. The van der Waals surface area contributed by atoms with Gasteiger partial charge in [-0.2, -0.15) is 5.10 Å². The molecule has 0 saturated carbocycles. The van der Waals surface area contributed by atoms with E-state index in [4.69, 9.17) is 11.6 Å². The molecule has 2 rings (SSSR count). The van der Waals surface area contributed by atoms with Crippen molar-refractivity contribution in [2.45, 2.75) is 13.5 Å². The average molecular weight is 264 g/mol. The minimum absolute atomic E-state index is 0.0927. The second-order valence-corrected chi connectivity index (χ2v) is 4.58. The number of rotatable bonds is 3. The fourth-order valence-corrected chi connectivity index (χ4v) is 1.93. The molecule has 1 N–H and O–H groups in total. The Balaban J connectivity index is 2.18. The van der Waals surface area contributed by atoms with Crippen LogP contribution in [0.15, 0.2) is 30.6 Å². The Hall–Kier alpha value is -1.81. The Morgan fingerprint density at radius 1 is 1.50 bits per heavy atom. The molecule has 0 radical (unpaired) electrons. The monoisotopic (exact) mass is 263 g/mol. The van der Waals surface area contributed by atoms with Gasteiger partial charge >= 0.3 is 0 Å². The maximum Gasteiger partial charge on any atom is 0.255 e. The number of H-pyrrole nitrogens is 1. The Morgan fingerprint density at radius 2 is 2.28 bits per heavy atom. The number of hydrogen-bond acceptors (Lipinski definition) is 2. The summed E-state index contributed by atoms with van der Waals surface area (Å²) in [5.74, 6) is -0.0927. The molecule has 1 heterocycles. The molecule has 0 unspecified atom stereocenters. The number of halogens is 1. The van der Waals surface area contributed by atoms with Crippen LogP contribution in [0.4, 0.5) is 0 Å². The van der Waals surface area contributed by atoms with E-state index in [1.165, 1.54) is 0 Å². The van der Waals surface area contributed by atoms with E-state index in [0.717, 1.165) is 11.1 Å². The fourth-order valence-electron chi connectivity index (χ4n) is 1.73. The lowest BCUT2D eigenvalue weighted by Gasteiger charge is -2.17. The number of aromatic amines is 1. The van der Waals surface area contributed by atoms with E-state index < -0.39 is 0 Å². The second-order valence-electron chi connectivity index (χ2n) is 4.20. The molecule has 1 aromatic carbocycles. The summed E-state index contributed by atoms with van der Waals surface area (Å²) in [6, 6.07) is 5.46. The lowest BCUT2D eigenvalue weighted by atomic mass is 10.1. The molecule has 0 atom stereocenters. The summed E-state index contributed by atoms with van der Waals surface area (Å²) in [5.41, 5.74) is 2.39. The van der Waals surface area contributed by atoms with Crippen molar-refractivity contribution in [2.75, 3.05) is 7.05 Å². The van der Waals surface area contributed by atoms with Crippen LogP contribution in [0.5, 0.6) is 0 Å². The molecule has 0 fully saturated rings. The zero-order valence-electron chi connectivity index (χ0n) is 10.3. The van der Waals surface area contributed by atoms with Crippen molar-refractivity contribution in [3.05, 3.63) is 52.3 Å². The quantitative estimate of drug-likeness (QED) is 0.926. The number of aryl methyl sites for hydroxylation is 1. The first kappa shape index (κ1) is 12.6. The van der Waals surface area contributed by atoms with Gasteiger partial charge in [0.25, 0.3) is 5.91 Å². The Morgan fingerprint density at radius 3 is 2.94 bits per heavy atom. The molecule has 5 heteroatoms. The number of carbonyl (C=O) groups excluding carboxylic acids is 1. The maximum atomic E-state index is 12.3. The van der Waals surface area contributed by atoms with Crippen LogP contribution in [-0.4, -0.2) is 28.1 Å². The van der Waals surface area contributed by atoms with Crippen molar-refractivity contribution in [2.24, 2.45) is 0 Å². The molecular weight excluding hydrogens is 250 g/mol. The lowest BCUT2D eigenvalue weighted by Crippen LogP contribution is -2.26. The van der Waals surface area contributed by atoms with Gasteiger partial charge in [-0.05, 0) is 18.6 Å². The summed E-state index contributed by atoms with van der Waals surface area (Å²) >= 11 is 6.15. The number of hydrogen-bond donors (Lipinski definition) is 1. The first-order valence-corrected chi connectivity index (χ1v) is 5.95. The molecular formula is C13H14ClN3O. The van der Waals surface area contributed by atoms with Crippen molar-refractivity contribution in [1.82, 2.24) is 15.1 Å². The normalized spacial score (nSPS) is 10.4. The molecule has 0 aliphatic rings. The first-order valence-electron chi connectivity index (χ1n) is 5.58. The average Bonchev–Trinajstić information content (AvgIpc) is 2.84. The van der Waals surface area contributed by atoms with Gasteiger partial charge in [-0.15, -0.1) is 0 Å². The standard InChI is InChI=1S/C13H14ClN3O/c1-9-4-3-5-11(12(9)14)13(18)17(2)8-10-6-15-16-7-10/h3-7H,8H2,1-2H3,(H,15,16). The summed E-state index contributed by atoms with van der Waals surface area (Å²) in [6.45, 7) is 2.38. The van der Waals surface area contributed by atoms with Crippen LogP contribution < -0.4 is 0 Å². The van der Waals surface area contributed by atoms with E-state index in [-0.39, 0.29) is 5.91 Å². The molecule has 1 aromatic heterocycles. The third-order valence-corrected chi connectivity index (χ3v) is 3.25.